The molecule has 1 unspecified atom stereocenters. The quantitative estimate of drug-likeness (QED) is 0.914. The molecule has 3 rings (SSSR count). The normalized spacial score (nSPS) is 29.0. The highest BCUT2D eigenvalue weighted by Gasteiger charge is 2.28. The van der Waals surface area contributed by atoms with E-state index in [2.05, 4.69) is 27.2 Å². The van der Waals surface area contributed by atoms with E-state index in [1.165, 1.54) is 0 Å². The van der Waals surface area contributed by atoms with E-state index in [1.54, 1.807) is 18.6 Å². The van der Waals surface area contributed by atoms with Crippen LogP contribution in [0.4, 0.5) is 0 Å². The summed E-state index contributed by atoms with van der Waals surface area (Å²) in [5.41, 5.74) is 0. The second-order valence-electron chi connectivity index (χ2n) is 6.75. The first-order valence-electron chi connectivity index (χ1n) is 8.62. The number of amides is 1. The Labute approximate surface area is 137 Å². The van der Waals surface area contributed by atoms with Crippen LogP contribution in [0, 0.1) is 5.92 Å². The molecule has 1 aliphatic carbocycles. The highest BCUT2D eigenvalue weighted by molar-refractivity contribution is 5.79. The molecule has 6 heteroatoms. The molecule has 0 bridgehead atoms. The van der Waals surface area contributed by atoms with Gasteiger partial charge in [-0.15, -0.1) is 0 Å². The zero-order valence-corrected chi connectivity index (χ0v) is 13.8. The zero-order chi connectivity index (χ0) is 16.1. The zero-order valence-electron chi connectivity index (χ0n) is 13.8. The van der Waals surface area contributed by atoms with Crippen LogP contribution in [0.25, 0.3) is 0 Å². The third-order valence-corrected chi connectivity index (χ3v) is 4.84. The molecule has 2 heterocycles. The number of carbonyl (C=O) groups excluding carboxylic acids is 1. The van der Waals surface area contributed by atoms with Crippen molar-refractivity contribution < 1.29 is 9.53 Å². The average Bonchev–Trinajstić information content (AvgIpc) is 2.57. The highest BCUT2D eigenvalue weighted by atomic mass is 16.5. The van der Waals surface area contributed by atoms with Gasteiger partial charge in [-0.1, -0.05) is 0 Å². The van der Waals surface area contributed by atoms with Crippen LogP contribution in [-0.4, -0.2) is 53.1 Å². The summed E-state index contributed by atoms with van der Waals surface area (Å²) in [6, 6.07) is 0.288. The molecule has 0 spiro atoms. The molecule has 6 nitrogen and oxygen atoms in total. The molecular formula is C17H26N4O2. The van der Waals surface area contributed by atoms with Crippen LogP contribution in [0.15, 0.2) is 18.6 Å². The fraction of sp³-hybridized carbons (Fsp3) is 0.706. The predicted molar refractivity (Wildman–Crippen MR) is 87.1 cm³/mol. The maximum absolute atomic E-state index is 12.4. The van der Waals surface area contributed by atoms with Crippen LogP contribution in [0.5, 0.6) is 5.88 Å². The lowest BCUT2D eigenvalue weighted by Crippen LogP contribution is -2.46. The molecule has 1 aromatic rings. The van der Waals surface area contributed by atoms with Gasteiger partial charge in [0.15, 0.2) is 0 Å². The second-order valence-corrected chi connectivity index (χ2v) is 6.75. The Kier molecular flexibility index (Phi) is 5.43. The summed E-state index contributed by atoms with van der Waals surface area (Å²) >= 11 is 0. The molecule has 2 aliphatic rings. The number of hydrogen-bond donors (Lipinski definition) is 1. The molecule has 0 aromatic carbocycles. The van der Waals surface area contributed by atoms with E-state index in [-0.39, 0.29) is 24.0 Å². The van der Waals surface area contributed by atoms with Gasteiger partial charge in [0.05, 0.1) is 12.1 Å². The first-order valence-corrected chi connectivity index (χ1v) is 8.62. The third-order valence-electron chi connectivity index (χ3n) is 4.84. The van der Waals surface area contributed by atoms with Gasteiger partial charge in [0.2, 0.25) is 11.8 Å². The largest absolute Gasteiger partial charge is 0.473 e. The van der Waals surface area contributed by atoms with Gasteiger partial charge in [-0.05, 0) is 52.1 Å². The molecule has 1 saturated heterocycles. The van der Waals surface area contributed by atoms with Crippen molar-refractivity contribution in [3.8, 4) is 5.88 Å². The molecule has 1 N–H and O–H groups in total. The van der Waals surface area contributed by atoms with Crippen LogP contribution in [-0.2, 0) is 4.79 Å². The Morgan fingerprint density at radius 3 is 2.78 bits per heavy atom. The van der Waals surface area contributed by atoms with Crippen molar-refractivity contribution in [1.82, 2.24) is 20.2 Å². The van der Waals surface area contributed by atoms with Crippen molar-refractivity contribution in [2.75, 3.05) is 20.1 Å². The summed E-state index contributed by atoms with van der Waals surface area (Å²) in [6.45, 7) is 1.99. The Balaban J connectivity index is 1.41. The van der Waals surface area contributed by atoms with Crippen molar-refractivity contribution in [2.24, 2.45) is 5.92 Å². The van der Waals surface area contributed by atoms with E-state index in [1.807, 2.05) is 0 Å². The molecule has 1 saturated carbocycles. The minimum Gasteiger partial charge on any atom is -0.473 e. The lowest BCUT2D eigenvalue weighted by Gasteiger charge is -2.32. The van der Waals surface area contributed by atoms with Crippen LogP contribution in [0.2, 0.25) is 0 Å². The van der Waals surface area contributed by atoms with Gasteiger partial charge in [0.25, 0.3) is 0 Å². The lowest BCUT2D eigenvalue weighted by molar-refractivity contribution is -0.127. The van der Waals surface area contributed by atoms with Gasteiger partial charge in [-0.3, -0.25) is 9.78 Å². The SMILES string of the molecule is CN1CCCC(C(=O)NC2CCC(Oc3cnccn3)CC2)C1. The topological polar surface area (TPSA) is 67.4 Å². The number of likely N-dealkylation sites (tertiary alicyclic amines) is 1. The number of nitrogens with one attached hydrogen (secondary N) is 1. The van der Waals surface area contributed by atoms with Crippen molar-refractivity contribution in [3.63, 3.8) is 0 Å². The Bertz CT molecular complexity index is 503. The van der Waals surface area contributed by atoms with Gasteiger partial charge >= 0.3 is 0 Å². The summed E-state index contributed by atoms with van der Waals surface area (Å²) in [4.78, 5) is 22.8. The van der Waals surface area contributed by atoms with Gasteiger partial charge in [-0.2, -0.15) is 0 Å². The molecule has 1 aliphatic heterocycles. The molecule has 126 valence electrons. The predicted octanol–water partition coefficient (Wildman–Crippen LogP) is 1.62. The van der Waals surface area contributed by atoms with E-state index in [0.717, 1.165) is 51.6 Å². The molecule has 1 amide bonds. The second kappa shape index (κ2) is 7.73. The monoisotopic (exact) mass is 318 g/mol. The number of nitrogens with zero attached hydrogens (tertiary/aromatic N) is 3. The van der Waals surface area contributed by atoms with Crippen molar-refractivity contribution in [2.45, 2.75) is 50.7 Å². The van der Waals surface area contributed by atoms with E-state index in [0.29, 0.717) is 5.88 Å². The standard InChI is InChI=1S/C17H26N4O2/c1-21-10-2-3-13(12-21)17(22)20-14-4-6-15(7-5-14)23-16-11-18-8-9-19-16/h8-9,11,13-15H,2-7,10,12H2,1H3,(H,20,22). The van der Waals surface area contributed by atoms with Crippen LogP contribution in [0.1, 0.15) is 38.5 Å². The summed E-state index contributed by atoms with van der Waals surface area (Å²) in [5, 5.41) is 3.24. The summed E-state index contributed by atoms with van der Waals surface area (Å²) < 4.78 is 5.85. The molecular weight excluding hydrogens is 292 g/mol. The van der Waals surface area contributed by atoms with E-state index < -0.39 is 0 Å². The van der Waals surface area contributed by atoms with E-state index in [9.17, 15) is 4.79 Å². The fourth-order valence-electron chi connectivity index (χ4n) is 3.54. The fourth-order valence-corrected chi connectivity index (χ4v) is 3.54. The number of rotatable bonds is 4. The Morgan fingerprint density at radius 2 is 2.09 bits per heavy atom. The number of hydrogen-bond acceptors (Lipinski definition) is 5. The van der Waals surface area contributed by atoms with Crippen molar-refractivity contribution >= 4 is 5.91 Å². The maximum Gasteiger partial charge on any atom is 0.232 e. The summed E-state index contributed by atoms with van der Waals surface area (Å²) in [7, 11) is 2.09. The van der Waals surface area contributed by atoms with Gasteiger partial charge in [0, 0.05) is 25.0 Å². The van der Waals surface area contributed by atoms with E-state index >= 15 is 0 Å². The molecule has 23 heavy (non-hydrogen) atoms. The van der Waals surface area contributed by atoms with Crippen molar-refractivity contribution in [3.05, 3.63) is 18.6 Å². The first kappa shape index (κ1) is 16.2. The summed E-state index contributed by atoms with van der Waals surface area (Å²) in [5.74, 6) is 0.974. The average molecular weight is 318 g/mol. The third kappa shape index (κ3) is 4.64. The number of piperidine rings is 1. The van der Waals surface area contributed by atoms with E-state index in [4.69, 9.17) is 4.74 Å². The molecule has 1 aromatic heterocycles. The summed E-state index contributed by atoms with van der Waals surface area (Å²) in [6.07, 6.45) is 11.1. The minimum atomic E-state index is 0.155. The Morgan fingerprint density at radius 1 is 1.26 bits per heavy atom. The molecule has 0 radical (unpaired) electrons. The Hall–Kier alpha value is -1.69. The van der Waals surface area contributed by atoms with Crippen LogP contribution < -0.4 is 10.1 Å². The van der Waals surface area contributed by atoms with Crippen LogP contribution in [0.3, 0.4) is 0 Å². The highest BCUT2D eigenvalue weighted by Crippen LogP contribution is 2.23. The number of carbonyl (C=O) groups is 1. The number of ether oxygens (including phenoxy) is 1. The first-order chi connectivity index (χ1) is 11.2. The minimum absolute atomic E-state index is 0.155. The van der Waals surface area contributed by atoms with Crippen LogP contribution >= 0.6 is 0 Å². The smallest absolute Gasteiger partial charge is 0.232 e. The molecule has 1 atom stereocenters. The number of aromatic nitrogens is 2. The lowest BCUT2D eigenvalue weighted by atomic mass is 9.91. The molecule has 2 fully saturated rings. The van der Waals surface area contributed by atoms with Gasteiger partial charge < -0.3 is 15.0 Å². The van der Waals surface area contributed by atoms with Gasteiger partial charge in [-0.25, -0.2) is 4.98 Å². The van der Waals surface area contributed by atoms with Gasteiger partial charge in [0.1, 0.15) is 6.10 Å². The maximum atomic E-state index is 12.4. The van der Waals surface area contributed by atoms with Crippen molar-refractivity contribution in [1.29, 1.82) is 0 Å².